The van der Waals surface area contributed by atoms with Crippen LogP contribution in [0.4, 0.5) is 4.79 Å². The number of imide groups is 1. The maximum absolute atomic E-state index is 12.9. The molecule has 1 saturated carbocycles. The highest BCUT2D eigenvalue weighted by Gasteiger charge is 2.58. The van der Waals surface area contributed by atoms with Gasteiger partial charge in [0.1, 0.15) is 5.54 Å². The molecule has 0 radical (unpaired) electrons. The topological polar surface area (TPSA) is 61.4 Å². The fraction of sp³-hybridized carbons (Fsp3) is 0.875. The number of hydrogen-bond donors (Lipinski definition) is 2. The maximum atomic E-state index is 12.9. The standard InChI is InChI=1S/C16H29N3O2/c1-5-17-9-11(2)10-19-14(20)16(18-15(19)21)12(3)7-6-8-13(16)4/h11-13,17H,5-10H2,1-4H3,(H,18,21). The van der Waals surface area contributed by atoms with Gasteiger partial charge in [-0.25, -0.2) is 4.79 Å². The van der Waals surface area contributed by atoms with E-state index < -0.39 is 5.54 Å². The second kappa shape index (κ2) is 6.34. The summed E-state index contributed by atoms with van der Waals surface area (Å²) in [4.78, 5) is 26.7. The predicted molar refractivity (Wildman–Crippen MR) is 82.9 cm³/mol. The first kappa shape index (κ1) is 16.3. The van der Waals surface area contributed by atoms with E-state index in [0.717, 1.165) is 32.4 Å². The van der Waals surface area contributed by atoms with Crippen molar-refractivity contribution in [3.63, 3.8) is 0 Å². The first-order chi connectivity index (χ1) is 9.93. The third-order valence-electron chi connectivity index (χ3n) is 5.22. The number of urea groups is 1. The van der Waals surface area contributed by atoms with Crippen LogP contribution in [0.25, 0.3) is 0 Å². The number of rotatable bonds is 5. The quantitative estimate of drug-likeness (QED) is 0.762. The molecule has 21 heavy (non-hydrogen) atoms. The highest BCUT2D eigenvalue weighted by Crippen LogP contribution is 2.42. The number of amides is 3. The molecule has 2 rings (SSSR count). The molecule has 3 atom stereocenters. The summed E-state index contributed by atoms with van der Waals surface area (Å²) < 4.78 is 0. The summed E-state index contributed by atoms with van der Waals surface area (Å²) >= 11 is 0. The summed E-state index contributed by atoms with van der Waals surface area (Å²) in [5, 5.41) is 6.32. The molecule has 0 aromatic heterocycles. The monoisotopic (exact) mass is 295 g/mol. The first-order valence-electron chi connectivity index (χ1n) is 8.28. The minimum absolute atomic E-state index is 0.00412. The van der Waals surface area contributed by atoms with E-state index in [1.807, 2.05) is 0 Å². The zero-order valence-corrected chi connectivity index (χ0v) is 13.7. The molecular weight excluding hydrogens is 266 g/mol. The zero-order valence-electron chi connectivity index (χ0n) is 13.7. The number of nitrogens with one attached hydrogen (secondary N) is 2. The van der Waals surface area contributed by atoms with Gasteiger partial charge in [-0.2, -0.15) is 0 Å². The van der Waals surface area contributed by atoms with Gasteiger partial charge in [-0.05, 0) is 43.7 Å². The molecule has 0 bridgehead atoms. The maximum Gasteiger partial charge on any atom is 0.325 e. The Morgan fingerprint density at radius 3 is 2.52 bits per heavy atom. The fourth-order valence-corrected chi connectivity index (χ4v) is 3.89. The molecule has 1 heterocycles. The lowest BCUT2D eigenvalue weighted by Crippen LogP contribution is -2.59. The second-order valence-electron chi connectivity index (χ2n) is 6.86. The Kier molecular flexibility index (Phi) is 4.91. The Labute approximate surface area is 127 Å². The van der Waals surface area contributed by atoms with Gasteiger partial charge < -0.3 is 10.6 Å². The molecule has 1 spiro atoms. The van der Waals surface area contributed by atoms with Crippen LogP contribution in [0.15, 0.2) is 0 Å². The van der Waals surface area contributed by atoms with Gasteiger partial charge in [0.05, 0.1) is 0 Å². The van der Waals surface area contributed by atoms with Gasteiger partial charge in [0.15, 0.2) is 0 Å². The summed E-state index contributed by atoms with van der Waals surface area (Å²) in [6.45, 7) is 10.6. The van der Waals surface area contributed by atoms with Crippen molar-refractivity contribution in [3.05, 3.63) is 0 Å². The number of hydrogen-bond acceptors (Lipinski definition) is 3. The van der Waals surface area contributed by atoms with E-state index in [0.29, 0.717) is 6.54 Å². The molecule has 5 heteroatoms. The molecule has 0 aromatic carbocycles. The normalized spacial score (nSPS) is 34.4. The Morgan fingerprint density at radius 1 is 1.33 bits per heavy atom. The predicted octanol–water partition coefficient (Wildman–Crippen LogP) is 1.98. The fourth-order valence-electron chi connectivity index (χ4n) is 3.89. The van der Waals surface area contributed by atoms with Crippen molar-refractivity contribution < 1.29 is 9.59 Å². The number of carbonyl (C=O) groups is 2. The summed E-state index contributed by atoms with van der Waals surface area (Å²) in [5.41, 5.74) is -0.659. The molecular formula is C16H29N3O2. The average molecular weight is 295 g/mol. The number of carbonyl (C=O) groups excluding carboxylic acids is 2. The molecule has 1 aliphatic heterocycles. The van der Waals surface area contributed by atoms with Crippen molar-refractivity contribution in [2.75, 3.05) is 19.6 Å². The smallest absolute Gasteiger partial charge is 0.323 e. The molecule has 2 fully saturated rings. The van der Waals surface area contributed by atoms with Crippen molar-refractivity contribution in [1.29, 1.82) is 0 Å². The van der Waals surface area contributed by atoms with Crippen LogP contribution in [0.1, 0.15) is 47.0 Å². The molecule has 1 saturated heterocycles. The minimum Gasteiger partial charge on any atom is -0.323 e. The van der Waals surface area contributed by atoms with Crippen LogP contribution in [0, 0.1) is 17.8 Å². The van der Waals surface area contributed by atoms with Crippen LogP contribution in [0.2, 0.25) is 0 Å². The second-order valence-corrected chi connectivity index (χ2v) is 6.86. The first-order valence-corrected chi connectivity index (χ1v) is 8.28. The van der Waals surface area contributed by atoms with Gasteiger partial charge in [-0.15, -0.1) is 0 Å². The average Bonchev–Trinajstić information content (AvgIpc) is 2.69. The minimum atomic E-state index is -0.659. The van der Waals surface area contributed by atoms with E-state index >= 15 is 0 Å². The Hall–Kier alpha value is -1.10. The van der Waals surface area contributed by atoms with Crippen LogP contribution in [-0.2, 0) is 4.79 Å². The van der Waals surface area contributed by atoms with E-state index in [1.165, 1.54) is 4.90 Å². The van der Waals surface area contributed by atoms with Crippen LogP contribution in [0.3, 0.4) is 0 Å². The molecule has 0 aromatic rings. The van der Waals surface area contributed by atoms with Gasteiger partial charge in [-0.1, -0.05) is 34.1 Å². The Morgan fingerprint density at radius 2 is 1.95 bits per heavy atom. The molecule has 120 valence electrons. The molecule has 1 aliphatic carbocycles. The van der Waals surface area contributed by atoms with Crippen molar-refractivity contribution in [3.8, 4) is 0 Å². The SMILES string of the molecule is CCNCC(C)CN1C(=O)NC2(C1=O)C(C)CCCC2C. The van der Waals surface area contributed by atoms with Crippen LogP contribution < -0.4 is 10.6 Å². The highest BCUT2D eigenvalue weighted by atomic mass is 16.2. The lowest BCUT2D eigenvalue weighted by molar-refractivity contribution is -0.136. The van der Waals surface area contributed by atoms with Crippen LogP contribution in [0.5, 0.6) is 0 Å². The largest absolute Gasteiger partial charge is 0.325 e. The van der Waals surface area contributed by atoms with Gasteiger partial charge >= 0.3 is 6.03 Å². The van der Waals surface area contributed by atoms with Gasteiger partial charge in [0.25, 0.3) is 5.91 Å². The lowest BCUT2D eigenvalue weighted by Gasteiger charge is -2.42. The van der Waals surface area contributed by atoms with E-state index in [4.69, 9.17) is 0 Å². The molecule has 3 amide bonds. The van der Waals surface area contributed by atoms with Crippen molar-refractivity contribution in [2.24, 2.45) is 17.8 Å². The van der Waals surface area contributed by atoms with E-state index in [-0.39, 0.29) is 29.7 Å². The van der Waals surface area contributed by atoms with Crippen LogP contribution in [-0.4, -0.2) is 42.0 Å². The summed E-state index contributed by atoms with van der Waals surface area (Å²) in [6, 6.07) is -0.205. The van der Waals surface area contributed by atoms with Crippen molar-refractivity contribution in [2.45, 2.75) is 52.5 Å². The zero-order chi connectivity index (χ0) is 15.6. The van der Waals surface area contributed by atoms with Gasteiger partial charge in [-0.3, -0.25) is 9.69 Å². The summed E-state index contributed by atoms with van der Waals surface area (Å²) in [7, 11) is 0. The summed E-state index contributed by atoms with van der Waals surface area (Å²) in [5.74, 6) is 0.693. The molecule has 2 aliphatic rings. The van der Waals surface area contributed by atoms with Crippen molar-refractivity contribution >= 4 is 11.9 Å². The van der Waals surface area contributed by atoms with E-state index in [1.54, 1.807) is 0 Å². The van der Waals surface area contributed by atoms with Gasteiger partial charge in [0.2, 0.25) is 0 Å². The number of nitrogens with zero attached hydrogens (tertiary/aromatic N) is 1. The third-order valence-corrected chi connectivity index (χ3v) is 5.22. The van der Waals surface area contributed by atoms with E-state index in [9.17, 15) is 9.59 Å². The molecule has 2 N–H and O–H groups in total. The molecule has 3 unspecified atom stereocenters. The van der Waals surface area contributed by atoms with E-state index in [2.05, 4.69) is 38.3 Å². The highest BCUT2D eigenvalue weighted by molar-refractivity contribution is 6.07. The Balaban J connectivity index is 2.12. The van der Waals surface area contributed by atoms with Gasteiger partial charge in [0, 0.05) is 6.54 Å². The Bertz CT molecular complexity index is 400. The lowest BCUT2D eigenvalue weighted by atomic mass is 9.67. The van der Waals surface area contributed by atoms with Crippen LogP contribution >= 0.6 is 0 Å². The third kappa shape index (κ3) is 2.80. The summed E-state index contributed by atoms with van der Waals surface area (Å²) in [6.07, 6.45) is 3.17. The molecule has 5 nitrogen and oxygen atoms in total. The van der Waals surface area contributed by atoms with Crippen molar-refractivity contribution in [1.82, 2.24) is 15.5 Å².